The van der Waals surface area contributed by atoms with Gasteiger partial charge in [0.1, 0.15) is 11.5 Å². The lowest BCUT2D eigenvalue weighted by Crippen LogP contribution is -2.21. The van der Waals surface area contributed by atoms with Crippen molar-refractivity contribution in [2.75, 3.05) is 7.11 Å². The average Bonchev–Trinajstić information content (AvgIpc) is 2.83. The van der Waals surface area contributed by atoms with E-state index in [4.69, 9.17) is 14.5 Å². The first-order chi connectivity index (χ1) is 16.8. The highest BCUT2D eigenvalue weighted by atomic mass is 16.5. The van der Waals surface area contributed by atoms with E-state index in [-0.39, 0.29) is 17.6 Å². The van der Waals surface area contributed by atoms with Crippen molar-refractivity contribution in [2.45, 2.75) is 46.6 Å². The van der Waals surface area contributed by atoms with E-state index in [0.29, 0.717) is 22.5 Å². The van der Waals surface area contributed by atoms with Gasteiger partial charge in [0, 0.05) is 11.1 Å². The van der Waals surface area contributed by atoms with E-state index in [1.165, 1.54) is 4.68 Å². The molecule has 6 heteroatoms. The Morgan fingerprint density at radius 3 is 2.40 bits per heavy atom. The molecule has 0 fully saturated rings. The van der Waals surface area contributed by atoms with Gasteiger partial charge in [0.2, 0.25) is 0 Å². The van der Waals surface area contributed by atoms with Gasteiger partial charge < -0.3 is 9.47 Å². The Morgan fingerprint density at radius 1 is 0.971 bits per heavy atom. The molecule has 4 aromatic rings. The molecule has 0 amide bonds. The Kier molecular flexibility index (Phi) is 7.01. The number of nitrogens with zero attached hydrogens (tertiary/aromatic N) is 3. The number of methoxy groups -OCH3 is 1. The predicted molar refractivity (Wildman–Crippen MR) is 142 cm³/mol. The molecule has 0 spiro atoms. The number of rotatable bonds is 7. The van der Waals surface area contributed by atoms with Crippen LogP contribution in [0.4, 0.5) is 0 Å². The summed E-state index contributed by atoms with van der Waals surface area (Å²) in [6.45, 7) is 10.2. The molecule has 3 aromatic carbocycles. The van der Waals surface area contributed by atoms with Crippen LogP contribution in [0, 0.1) is 6.92 Å². The zero-order chi connectivity index (χ0) is 25.1. The number of ether oxygens (including phenoxy) is 2. The molecule has 0 bridgehead atoms. The van der Waals surface area contributed by atoms with Gasteiger partial charge in [-0.2, -0.15) is 9.78 Å². The standard InChI is InChI=1S/C29H31N3O3/c1-18(2)23-16-24(20(5)15-27(23)34-6)28-31-25-13-9-8-12-22(25)29(33)32(28)30-17-21-11-7-10-14-26(21)35-19(3)4/h7-19H,1-6H3. The van der Waals surface area contributed by atoms with E-state index >= 15 is 0 Å². The lowest BCUT2D eigenvalue weighted by atomic mass is 9.96. The molecular formula is C29H31N3O3. The van der Waals surface area contributed by atoms with Crippen molar-refractivity contribution in [3.63, 3.8) is 0 Å². The first kappa shape index (κ1) is 24.2. The topological polar surface area (TPSA) is 65.7 Å². The van der Waals surface area contributed by atoms with Crippen molar-refractivity contribution in [3.05, 3.63) is 87.7 Å². The summed E-state index contributed by atoms with van der Waals surface area (Å²) in [7, 11) is 1.67. The van der Waals surface area contributed by atoms with Crippen LogP contribution in [0.3, 0.4) is 0 Å². The zero-order valence-electron chi connectivity index (χ0n) is 21.1. The van der Waals surface area contributed by atoms with Crippen molar-refractivity contribution < 1.29 is 9.47 Å². The number of aromatic nitrogens is 2. The average molecular weight is 470 g/mol. The van der Waals surface area contributed by atoms with Gasteiger partial charge in [0.05, 0.1) is 30.3 Å². The second kappa shape index (κ2) is 10.1. The summed E-state index contributed by atoms with van der Waals surface area (Å²) in [6.07, 6.45) is 1.67. The SMILES string of the molecule is COc1cc(C)c(-c2nc3ccccc3c(=O)n2N=Cc2ccccc2OC(C)C)cc1C(C)C. The first-order valence-electron chi connectivity index (χ1n) is 11.8. The maximum Gasteiger partial charge on any atom is 0.282 e. The van der Waals surface area contributed by atoms with Crippen molar-refractivity contribution >= 4 is 17.1 Å². The largest absolute Gasteiger partial charge is 0.496 e. The van der Waals surface area contributed by atoms with Crippen molar-refractivity contribution in [2.24, 2.45) is 5.10 Å². The molecule has 0 atom stereocenters. The molecule has 35 heavy (non-hydrogen) atoms. The van der Waals surface area contributed by atoms with Crippen molar-refractivity contribution in [3.8, 4) is 22.9 Å². The maximum atomic E-state index is 13.6. The smallest absolute Gasteiger partial charge is 0.282 e. The van der Waals surface area contributed by atoms with Gasteiger partial charge in [0.15, 0.2) is 5.82 Å². The molecule has 0 aliphatic carbocycles. The van der Waals surface area contributed by atoms with Gasteiger partial charge in [-0.25, -0.2) is 4.98 Å². The number of aryl methyl sites for hydroxylation is 1. The first-order valence-corrected chi connectivity index (χ1v) is 11.8. The molecular weight excluding hydrogens is 438 g/mol. The van der Waals surface area contributed by atoms with Crippen LogP contribution in [0.15, 0.2) is 70.6 Å². The Labute approximate surface area is 205 Å². The minimum Gasteiger partial charge on any atom is -0.496 e. The van der Waals surface area contributed by atoms with Crippen LogP contribution >= 0.6 is 0 Å². The Morgan fingerprint density at radius 2 is 1.69 bits per heavy atom. The highest BCUT2D eigenvalue weighted by Crippen LogP contribution is 2.34. The molecule has 4 rings (SSSR count). The van der Waals surface area contributed by atoms with Gasteiger partial charge in [-0.15, -0.1) is 0 Å². The van der Waals surface area contributed by atoms with Gasteiger partial charge in [-0.3, -0.25) is 4.79 Å². The molecule has 6 nitrogen and oxygen atoms in total. The number of fused-ring (bicyclic) bond motifs is 1. The fourth-order valence-electron chi connectivity index (χ4n) is 4.04. The minimum absolute atomic E-state index is 0.0153. The van der Waals surface area contributed by atoms with Gasteiger partial charge in [-0.05, 0) is 74.2 Å². The Balaban J connectivity index is 1.96. The van der Waals surface area contributed by atoms with E-state index in [2.05, 4.69) is 25.0 Å². The fraction of sp³-hybridized carbons (Fsp3) is 0.276. The highest BCUT2D eigenvalue weighted by molar-refractivity contribution is 5.84. The minimum atomic E-state index is -0.231. The fourth-order valence-corrected chi connectivity index (χ4v) is 4.04. The van der Waals surface area contributed by atoms with E-state index in [1.54, 1.807) is 19.4 Å². The van der Waals surface area contributed by atoms with E-state index in [9.17, 15) is 4.79 Å². The van der Waals surface area contributed by atoms with Crippen molar-refractivity contribution in [1.29, 1.82) is 0 Å². The van der Waals surface area contributed by atoms with Crippen LogP contribution in [0.25, 0.3) is 22.3 Å². The normalized spacial score (nSPS) is 11.7. The highest BCUT2D eigenvalue weighted by Gasteiger charge is 2.18. The number of hydrogen-bond donors (Lipinski definition) is 0. The lowest BCUT2D eigenvalue weighted by Gasteiger charge is -2.17. The number of para-hydroxylation sites is 2. The summed E-state index contributed by atoms with van der Waals surface area (Å²) in [6, 6.07) is 19.0. The van der Waals surface area contributed by atoms with E-state index in [0.717, 1.165) is 28.0 Å². The summed E-state index contributed by atoms with van der Waals surface area (Å²) in [5, 5.41) is 5.14. The number of hydrogen-bond acceptors (Lipinski definition) is 5. The van der Waals surface area contributed by atoms with Gasteiger partial charge >= 0.3 is 0 Å². The van der Waals surface area contributed by atoms with Crippen LogP contribution in [-0.4, -0.2) is 29.1 Å². The number of benzene rings is 3. The van der Waals surface area contributed by atoms with Crippen molar-refractivity contribution in [1.82, 2.24) is 9.66 Å². The summed E-state index contributed by atoms with van der Waals surface area (Å²) in [5.74, 6) is 2.24. The second-order valence-corrected chi connectivity index (χ2v) is 9.08. The zero-order valence-corrected chi connectivity index (χ0v) is 21.1. The Bertz CT molecular complexity index is 1450. The molecule has 0 saturated heterocycles. The quantitative estimate of drug-likeness (QED) is 0.304. The predicted octanol–water partition coefficient (Wildman–Crippen LogP) is 6.17. The molecule has 1 aromatic heterocycles. The molecule has 0 aliphatic heterocycles. The molecule has 0 aliphatic rings. The molecule has 0 radical (unpaired) electrons. The van der Waals surface area contributed by atoms with Gasteiger partial charge in [-0.1, -0.05) is 38.1 Å². The third-order valence-electron chi connectivity index (χ3n) is 5.79. The van der Waals surface area contributed by atoms with E-state index < -0.39 is 0 Å². The van der Waals surface area contributed by atoms with Crippen LogP contribution in [0.2, 0.25) is 0 Å². The van der Waals surface area contributed by atoms with E-state index in [1.807, 2.05) is 69.3 Å². The summed E-state index contributed by atoms with van der Waals surface area (Å²) < 4.78 is 12.9. The molecule has 0 unspecified atom stereocenters. The van der Waals surface area contributed by atoms with Crippen LogP contribution in [0.1, 0.15) is 50.3 Å². The third kappa shape index (κ3) is 4.97. The second-order valence-electron chi connectivity index (χ2n) is 9.08. The van der Waals surface area contributed by atoms with Gasteiger partial charge in [0.25, 0.3) is 5.56 Å². The van der Waals surface area contributed by atoms with Crippen LogP contribution in [0.5, 0.6) is 11.5 Å². The Hall–Kier alpha value is -3.93. The third-order valence-corrected chi connectivity index (χ3v) is 5.79. The summed E-state index contributed by atoms with van der Waals surface area (Å²) in [5.41, 5.74) is 4.00. The summed E-state index contributed by atoms with van der Waals surface area (Å²) >= 11 is 0. The molecule has 1 heterocycles. The lowest BCUT2D eigenvalue weighted by molar-refractivity contribution is 0.242. The molecule has 0 saturated carbocycles. The maximum absolute atomic E-state index is 13.6. The molecule has 0 N–H and O–H groups in total. The monoisotopic (exact) mass is 469 g/mol. The van der Waals surface area contributed by atoms with Crippen LogP contribution < -0.4 is 15.0 Å². The summed E-state index contributed by atoms with van der Waals surface area (Å²) in [4.78, 5) is 18.5. The molecule has 180 valence electrons. The van der Waals surface area contributed by atoms with Crippen LogP contribution in [-0.2, 0) is 0 Å².